The van der Waals surface area contributed by atoms with Gasteiger partial charge in [0.15, 0.2) is 0 Å². The van der Waals surface area contributed by atoms with Crippen molar-refractivity contribution in [3.8, 4) is 5.75 Å². The molecule has 0 fully saturated rings. The van der Waals surface area contributed by atoms with Gasteiger partial charge in [-0.3, -0.25) is 0 Å². The van der Waals surface area contributed by atoms with Crippen LogP contribution in [0.4, 0.5) is 14.9 Å². The van der Waals surface area contributed by atoms with Crippen molar-refractivity contribution >= 4 is 38.6 Å². The third-order valence-electron chi connectivity index (χ3n) is 5.90. The van der Waals surface area contributed by atoms with E-state index in [0.29, 0.717) is 17.4 Å². The number of hydrogen-bond donors (Lipinski definition) is 2. The molecule has 7 heteroatoms. The second kappa shape index (κ2) is 8.31. The van der Waals surface area contributed by atoms with Crippen molar-refractivity contribution in [1.29, 1.82) is 0 Å². The molecule has 1 aromatic heterocycles. The number of nitrogens with one attached hydrogen (secondary N) is 2. The van der Waals surface area contributed by atoms with E-state index in [9.17, 15) is 9.18 Å². The van der Waals surface area contributed by atoms with Gasteiger partial charge in [0.2, 0.25) is 0 Å². The van der Waals surface area contributed by atoms with E-state index in [-0.39, 0.29) is 17.8 Å². The van der Waals surface area contributed by atoms with Crippen LogP contribution in [0.25, 0.3) is 10.9 Å². The number of benzene rings is 3. The third-order valence-corrected chi connectivity index (χ3v) is 6.39. The first kappa shape index (κ1) is 20.6. The third kappa shape index (κ3) is 3.62. The number of fused-ring (bicyclic) bond motifs is 3. The molecule has 1 atom stereocenters. The van der Waals surface area contributed by atoms with Crippen LogP contribution in [0, 0.1) is 5.82 Å². The van der Waals surface area contributed by atoms with Gasteiger partial charge in [-0.25, -0.2) is 9.18 Å². The van der Waals surface area contributed by atoms with Gasteiger partial charge < -0.3 is 19.9 Å². The zero-order valence-corrected chi connectivity index (χ0v) is 18.9. The fraction of sp³-hybridized carbons (Fsp3) is 0.160. The predicted molar refractivity (Wildman–Crippen MR) is 127 cm³/mol. The van der Waals surface area contributed by atoms with Crippen LogP contribution in [0.1, 0.15) is 22.9 Å². The average molecular weight is 494 g/mol. The molecule has 2 N–H and O–H groups in total. The van der Waals surface area contributed by atoms with Crippen LogP contribution < -0.4 is 10.1 Å². The fourth-order valence-electron chi connectivity index (χ4n) is 4.37. The molecule has 0 aliphatic carbocycles. The fourth-order valence-corrected chi connectivity index (χ4v) is 4.70. The highest BCUT2D eigenvalue weighted by atomic mass is 79.9. The van der Waals surface area contributed by atoms with Crippen molar-refractivity contribution in [3.05, 3.63) is 93.8 Å². The monoisotopic (exact) mass is 493 g/mol. The normalized spacial score (nSPS) is 15.5. The first-order valence-corrected chi connectivity index (χ1v) is 11.1. The lowest BCUT2D eigenvalue weighted by Crippen LogP contribution is -2.43. The Kier molecular flexibility index (Phi) is 5.35. The van der Waals surface area contributed by atoms with Gasteiger partial charge in [0, 0.05) is 27.6 Å². The Hall–Kier alpha value is -3.32. The minimum Gasteiger partial charge on any atom is -0.497 e. The van der Waals surface area contributed by atoms with Crippen molar-refractivity contribution < 1.29 is 13.9 Å². The summed E-state index contributed by atoms with van der Waals surface area (Å²) in [6.45, 7) is 0.509. The summed E-state index contributed by atoms with van der Waals surface area (Å²) in [4.78, 5) is 18.6. The zero-order chi connectivity index (χ0) is 22.2. The largest absolute Gasteiger partial charge is 0.497 e. The maximum atomic E-state index is 14.4. The van der Waals surface area contributed by atoms with Gasteiger partial charge in [0.25, 0.3) is 0 Å². The highest BCUT2D eigenvalue weighted by Crippen LogP contribution is 2.39. The van der Waals surface area contributed by atoms with Gasteiger partial charge in [-0.2, -0.15) is 0 Å². The lowest BCUT2D eigenvalue weighted by Gasteiger charge is -2.36. The number of para-hydroxylation sites is 1. The lowest BCUT2D eigenvalue weighted by atomic mass is 9.92. The second-order valence-corrected chi connectivity index (χ2v) is 8.65. The molecule has 5 nitrogen and oxygen atoms in total. The smallest absolute Gasteiger partial charge is 0.322 e. The van der Waals surface area contributed by atoms with Crippen LogP contribution >= 0.6 is 15.9 Å². The van der Waals surface area contributed by atoms with Crippen LogP contribution in [0.15, 0.2) is 71.2 Å². The molecular weight excluding hydrogens is 473 g/mol. The molecule has 0 saturated carbocycles. The topological polar surface area (TPSA) is 57.4 Å². The summed E-state index contributed by atoms with van der Waals surface area (Å²) in [5.41, 5.74) is 4.32. The molecule has 2 amide bonds. The van der Waals surface area contributed by atoms with E-state index in [0.717, 1.165) is 22.5 Å². The van der Waals surface area contributed by atoms with Gasteiger partial charge in [-0.05, 0) is 53.9 Å². The first-order chi connectivity index (χ1) is 15.5. The Morgan fingerprint density at radius 1 is 1.16 bits per heavy atom. The van der Waals surface area contributed by atoms with Crippen molar-refractivity contribution in [2.24, 2.45) is 0 Å². The quantitative estimate of drug-likeness (QED) is 0.354. The van der Waals surface area contributed by atoms with E-state index < -0.39 is 5.82 Å². The van der Waals surface area contributed by atoms with Gasteiger partial charge in [0.1, 0.15) is 11.6 Å². The maximum absolute atomic E-state index is 14.4. The molecule has 2 heterocycles. The van der Waals surface area contributed by atoms with Gasteiger partial charge in [-0.15, -0.1) is 0 Å². The lowest BCUT2D eigenvalue weighted by molar-refractivity contribution is 0.193. The number of nitrogens with zero attached hydrogens (tertiary/aromatic N) is 1. The van der Waals surface area contributed by atoms with E-state index in [2.05, 4.69) is 32.3 Å². The van der Waals surface area contributed by atoms with Gasteiger partial charge in [-0.1, -0.05) is 46.3 Å². The molecule has 0 bridgehead atoms. The van der Waals surface area contributed by atoms with Crippen LogP contribution in [-0.4, -0.2) is 29.6 Å². The molecule has 5 rings (SSSR count). The molecule has 4 aromatic rings. The number of carbonyl (C=O) groups excluding carboxylic acids is 1. The van der Waals surface area contributed by atoms with E-state index in [1.54, 1.807) is 24.1 Å². The molecule has 1 aliphatic heterocycles. The number of methoxy groups -OCH3 is 1. The molecule has 162 valence electrons. The molecule has 0 unspecified atom stereocenters. The van der Waals surface area contributed by atoms with Crippen LogP contribution in [0.5, 0.6) is 5.75 Å². The summed E-state index contributed by atoms with van der Waals surface area (Å²) >= 11 is 3.25. The number of ether oxygens (including phenoxy) is 1. The number of hydrogen-bond acceptors (Lipinski definition) is 2. The number of urea groups is 1. The van der Waals surface area contributed by atoms with E-state index in [1.807, 2.05) is 42.5 Å². The molecule has 3 aromatic carbocycles. The SMILES string of the molecule is COc1ccc([C@@H]2c3[nH]c4ccccc4c3CCN2C(=O)Nc2ccc(Br)cc2F)cc1. The van der Waals surface area contributed by atoms with E-state index >= 15 is 0 Å². The minimum atomic E-state index is -0.489. The highest BCUT2D eigenvalue weighted by Gasteiger charge is 2.34. The van der Waals surface area contributed by atoms with Crippen molar-refractivity contribution in [1.82, 2.24) is 9.88 Å². The molecule has 0 spiro atoms. The van der Waals surface area contributed by atoms with Crippen LogP contribution in [-0.2, 0) is 6.42 Å². The molecular formula is C25H21BrFN3O2. The Morgan fingerprint density at radius 3 is 2.69 bits per heavy atom. The van der Waals surface area contributed by atoms with Crippen LogP contribution in [0.3, 0.4) is 0 Å². The van der Waals surface area contributed by atoms with Crippen molar-refractivity contribution in [3.63, 3.8) is 0 Å². The number of carbonyl (C=O) groups is 1. The summed E-state index contributed by atoms with van der Waals surface area (Å²) in [7, 11) is 1.62. The van der Waals surface area contributed by atoms with Crippen molar-refractivity contribution in [2.75, 3.05) is 19.0 Å². The Morgan fingerprint density at radius 2 is 1.94 bits per heavy atom. The Balaban J connectivity index is 1.56. The Labute approximate surface area is 193 Å². The van der Waals surface area contributed by atoms with Crippen LogP contribution in [0.2, 0.25) is 0 Å². The first-order valence-electron chi connectivity index (χ1n) is 10.3. The Bertz CT molecular complexity index is 1300. The summed E-state index contributed by atoms with van der Waals surface area (Å²) in [5.74, 6) is 0.256. The molecule has 32 heavy (non-hydrogen) atoms. The maximum Gasteiger partial charge on any atom is 0.322 e. The standard InChI is InChI=1S/C25H21BrFN3O2/c1-32-17-9-6-15(7-10-17)24-23-19(18-4-2-3-5-21(18)28-23)12-13-30(24)25(31)29-22-11-8-16(26)14-20(22)27/h2-11,14,24,28H,12-13H2,1H3,(H,29,31)/t24-/m1/s1. The number of rotatable bonds is 3. The van der Waals surface area contributed by atoms with Crippen molar-refractivity contribution in [2.45, 2.75) is 12.5 Å². The number of aromatic nitrogens is 1. The minimum absolute atomic E-state index is 0.147. The summed E-state index contributed by atoms with van der Waals surface area (Å²) in [5, 5.41) is 3.91. The number of halogens is 2. The van der Waals surface area contributed by atoms with E-state index in [4.69, 9.17) is 4.74 Å². The second-order valence-electron chi connectivity index (χ2n) is 7.74. The number of H-pyrrole nitrogens is 1. The van der Waals surface area contributed by atoms with Gasteiger partial charge in [0.05, 0.1) is 18.8 Å². The highest BCUT2D eigenvalue weighted by molar-refractivity contribution is 9.10. The molecule has 0 radical (unpaired) electrons. The zero-order valence-electron chi connectivity index (χ0n) is 17.4. The number of amides is 2. The number of aromatic amines is 1. The number of anilines is 1. The average Bonchev–Trinajstić information content (AvgIpc) is 3.19. The summed E-state index contributed by atoms with van der Waals surface area (Å²) < 4.78 is 20.3. The predicted octanol–water partition coefficient (Wildman–Crippen LogP) is 6.26. The van der Waals surface area contributed by atoms with E-state index in [1.165, 1.54) is 17.0 Å². The molecule has 1 aliphatic rings. The summed E-state index contributed by atoms with van der Waals surface area (Å²) in [6, 6.07) is 19.8. The van der Waals surface area contributed by atoms with Gasteiger partial charge >= 0.3 is 6.03 Å². The molecule has 0 saturated heterocycles. The summed E-state index contributed by atoms with van der Waals surface area (Å²) in [6.07, 6.45) is 0.711.